The average Bonchev–Trinajstić information content (AvgIpc) is 2.94. The summed E-state index contributed by atoms with van der Waals surface area (Å²) in [6.45, 7) is -0.0635. The minimum absolute atomic E-state index is 0.0635. The van der Waals surface area contributed by atoms with Gasteiger partial charge in [0.2, 0.25) is 10.0 Å². The molecule has 1 aromatic heterocycles. The van der Waals surface area contributed by atoms with Crippen molar-refractivity contribution in [1.82, 2.24) is 9.29 Å². The van der Waals surface area contributed by atoms with Crippen molar-refractivity contribution >= 4 is 26.0 Å². The lowest BCUT2D eigenvalue weighted by Gasteiger charge is -2.09. The predicted molar refractivity (Wildman–Crippen MR) is 88.6 cm³/mol. The molecule has 0 saturated carbocycles. The van der Waals surface area contributed by atoms with Crippen LogP contribution in [-0.2, 0) is 38.4 Å². The summed E-state index contributed by atoms with van der Waals surface area (Å²) < 4.78 is 55.3. The van der Waals surface area contributed by atoms with Gasteiger partial charge in [-0.2, -0.15) is 0 Å². The third-order valence-electron chi connectivity index (χ3n) is 3.46. The van der Waals surface area contributed by atoms with Gasteiger partial charge in [-0.05, 0) is 29.8 Å². The van der Waals surface area contributed by atoms with Crippen LogP contribution in [0.4, 0.5) is 0 Å². The first-order valence-electron chi connectivity index (χ1n) is 6.91. The molecule has 2 aromatic rings. The molecule has 9 nitrogen and oxygen atoms in total. The zero-order valence-corrected chi connectivity index (χ0v) is 15.1. The van der Waals surface area contributed by atoms with E-state index in [-0.39, 0.29) is 22.2 Å². The molecule has 0 fully saturated rings. The fraction of sp³-hybridized carbons (Fsp3) is 0.214. The highest BCUT2D eigenvalue weighted by Gasteiger charge is 2.22. The number of esters is 1. The van der Waals surface area contributed by atoms with Crippen molar-refractivity contribution in [2.45, 2.75) is 16.5 Å². The number of aromatic nitrogens is 1. The van der Waals surface area contributed by atoms with E-state index in [0.29, 0.717) is 5.56 Å². The van der Waals surface area contributed by atoms with E-state index in [2.05, 4.69) is 9.46 Å². The zero-order chi connectivity index (χ0) is 18.8. The van der Waals surface area contributed by atoms with Gasteiger partial charge in [0.15, 0.2) is 5.03 Å². The van der Waals surface area contributed by atoms with Gasteiger partial charge in [-0.1, -0.05) is 12.1 Å². The highest BCUT2D eigenvalue weighted by atomic mass is 32.2. The van der Waals surface area contributed by atoms with Crippen LogP contribution in [0.5, 0.6) is 0 Å². The Kier molecular flexibility index (Phi) is 5.32. The average molecular weight is 387 g/mol. The third kappa shape index (κ3) is 4.25. The molecule has 1 heterocycles. The second-order valence-corrected chi connectivity index (χ2v) is 8.40. The minimum atomic E-state index is -3.89. The summed E-state index contributed by atoms with van der Waals surface area (Å²) in [4.78, 5) is 11.5. The van der Waals surface area contributed by atoms with Crippen LogP contribution in [0.15, 0.2) is 46.3 Å². The Morgan fingerprint density at radius 3 is 2.24 bits per heavy atom. The lowest BCUT2D eigenvalue weighted by molar-refractivity contribution is 0.0589. The summed E-state index contributed by atoms with van der Waals surface area (Å²) in [5.41, 5.74) is 0.638. The van der Waals surface area contributed by atoms with E-state index >= 15 is 0 Å². The zero-order valence-electron chi connectivity index (χ0n) is 13.5. The van der Waals surface area contributed by atoms with Gasteiger partial charge in [-0.25, -0.2) is 31.5 Å². The molecule has 0 saturated heterocycles. The summed E-state index contributed by atoms with van der Waals surface area (Å²) in [6, 6.07) is 8.12. The lowest BCUT2D eigenvalue weighted by Crippen LogP contribution is -2.26. The summed E-state index contributed by atoms with van der Waals surface area (Å²) >= 11 is 0. The van der Waals surface area contributed by atoms with E-state index < -0.39 is 26.0 Å². The second kappa shape index (κ2) is 6.96. The number of nitrogens with two attached hydrogens (primary N) is 1. The molecular weight excluding hydrogens is 370 g/mol. The van der Waals surface area contributed by atoms with Gasteiger partial charge in [0.05, 0.1) is 12.0 Å². The Balaban J connectivity index is 2.17. The molecule has 0 spiro atoms. The van der Waals surface area contributed by atoms with Crippen LogP contribution in [0.1, 0.15) is 16.1 Å². The number of carbonyl (C=O) groups is 1. The molecule has 3 N–H and O–H groups in total. The van der Waals surface area contributed by atoms with Gasteiger partial charge >= 0.3 is 5.97 Å². The fourth-order valence-electron chi connectivity index (χ4n) is 2.12. The number of carbonyl (C=O) groups excluding carboxylic acids is 1. The van der Waals surface area contributed by atoms with Gasteiger partial charge in [0.25, 0.3) is 10.0 Å². The van der Waals surface area contributed by atoms with Crippen molar-refractivity contribution in [2.75, 3.05) is 7.11 Å². The molecule has 2 rings (SSSR count). The van der Waals surface area contributed by atoms with Gasteiger partial charge in [-0.3, -0.25) is 0 Å². The molecule has 0 amide bonds. The number of rotatable bonds is 6. The van der Waals surface area contributed by atoms with E-state index in [4.69, 9.17) is 5.14 Å². The monoisotopic (exact) mass is 387 g/mol. The maximum atomic E-state index is 12.4. The molecule has 136 valence electrons. The number of methoxy groups -OCH3 is 1. The maximum absolute atomic E-state index is 12.4. The highest BCUT2D eigenvalue weighted by Crippen LogP contribution is 2.15. The van der Waals surface area contributed by atoms with Crippen molar-refractivity contribution < 1.29 is 26.4 Å². The van der Waals surface area contributed by atoms with E-state index in [1.165, 1.54) is 55.1 Å². The van der Waals surface area contributed by atoms with Crippen LogP contribution in [0, 0.1) is 0 Å². The molecule has 11 heteroatoms. The summed E-state index contributed by atoms with van der Waals surface area (Å²) in [5, 5.41) is 4.90. The largest absolute Gasteiger partial charge is 0.464 e. The number of ether oxygens (including phenoxy) is 1. The van der Waals surface area contributed by atoms with E-state index in [1.807, 2.05) is 0 Å². The Bertz CT molecular complexity index is 992. The van der Waals surface area contributed by atoms with Crippen LogP contribution < -0.4 is 9.86 Å². The summed E-state index contributed by atoms with van der Waals surface area (Å²) in [7, 11) is -5.06. The van der Waals surface area contributed by atoms with Crippen molar-refractivity contribution in [3.05, 3.63) is 47.7 Å². The number of benzene rings is 1. The SMILES string of the molecule is COC(=O)c1ccc(S(=O)(=O)NCc2ccc(S(N)(=O)=O)cc2)n1C. The Morgan fingerprint density at radius 1 is 1.12 bits per heavy atom. The van der Waals surface area contributed by atoms with Crippen LogP contribution in [-0.4, -0.2) is 34.5 Å². The molecule has 0 aliphatic rings. The number of primary sulfonamides is 1. The van der Waals surface area contributed by atoms with E-state index in [1.54, 1.807) is 0 Å². The Morgan fingerprint density at radius 2 is 1.72 bits per heavy atom. The first-order valence-corrected chi connectivity index (χ1v) is 9.94. The Labute approximate surface area is 145 Å². The van der Waals surface area contributed by atoms with E-state index in [0.717, 1.165) is 0 Å². The van der Waals surface area contributed by atoms with Gasteiger partial charge in [0, 0.05) is 13.6 Å². The first-order chi connectivity index (χ1) is 11.6. The predicted octanol–water partition coefficient (Wildman–Crippen LogP) is -0.0624. The number of hydrogen-bond donors (Lipinski definition) is 2. The van der Waals surface area contributed by atoms with Gasteiger partial charge in [0.1, 0.15) is 5.69 Å². The van der Waals surface area contributed by atoms with Crippen LogP contribution >= 0.6 is 0 Å². The molecule has 0 unspecified atom stereocenters. The fourth-order valence-corrected chi connectivity index (χ4v) is 3.85. The molecule has 0 radical (unpaired) electrons. The third-order valence-corrected chi connectivity index (χ3v) is 5.88. The molecule has 25 heavy (non-hydrogen) atoms. The van der Waals surface area contributed by atoms with Crippen LogP contribution in [0.2, 0.25) is 0 Å². The van der Waals surface area contributed by atoms with E-state index in [9.17, 15) is 21.6 Å². The first kappa shape index (κ1) is 19.1. The highest BCUT2D eigenvalue weighted by molar-refractivity contribution is 7.89. The maximum Gasteiger partial charge on any atom is 0.354 e. The topological polar surface area (TPSA) is 138 Å². The van der Waals surface area contributed by atoms with Crippen molar-refractivity contribution in [2.24, 2.45) is 12.2 Å². The normalized spacial score (nSPS) is 12.1. The van der Waals surface area contributed by atoms with Crippen molar-refractivity contribution in [3.63, 3.8) is 0 Å². The molecule has 0 bridgehead atoms. The van der Waals surface area contributed by atoms with Gasteiger partial charge < -0.3 is 9.30 Å². The van der Waals surface area contributed by atoms with Gasteiger partial charge in [-0.15, -0.1) is 0 Å². The summed E-state index contributed by atoms with van der Waals surface area (Å²) in [5.74, 6) is -0.650. The number of nitrogens with one attached hydrogen (secondary N) is 1. The number of hydrogen-bond acceptors (Lipinski definition) is 6. The summed E-state index contributed by atoms with van der Waals surface area (Å²) in [6.07, 6.45) is 0. The molecule has 0 atom stereocenters. The molecule has 0 aliphatic carbocycles. The number of sulfonamides is 2. The minimum Gasteiger partial charge on any atom is -0.464 e. The van der Waals surface area contributed by atoms with Crippen LogP contribution in [0.3, 0.4) is 0 Å². The molecule has 0 aliphatic heterocycles. The Hall–Kier alpha value is -2.21. The van der Waals surface area contributed by atoms with Crippen molar-refractivity contribution in [3.8, 4) is 0 Å². The molecular formula is C14H17N3O6S2. The standard InChI is InChI=1S/C14H17N3O6S2/c1-17-12(14(18)23-2)7-8-13(17)25(21,22)16-9-10-3-5-11(6-4-10)24(15,19)20/h3-8,16H,9H2,1-2H3,(H2,15,19,20). The smallest absolute Gasteiger partial charge is 0.354 e. The quantitative estimate of drug-likeness (QED) is 0.666. The molecule has 1 aromatic carbocycles. The number of nitrogens with zero attached hydrogens (tertiary/aromatic N) is 1. The lowest BCUT2D eigenvalue weighted by atomic mass is 10.2. The van der Waals surface area contributed by atoms with Crippen molar-refractivity contribution in [1.29, 1.82) is 0 Å². The van der Waals surface area contributed by atoms with Crippen LogP contribution in [0.25, 0.3) is 0 Å². The second-order valence-electron chi connectivity index (χ2n) is 5.12.